The first-order valence-corrected chi connectivity index (χ1v) is 8.96. The summed E-state index contributed by atoms with van der Waals surface area (Å²) in [4.78, 5) is 14.5. The highest BCUT2D eigenvalue weighted by molar-refractivity contribution is 5.85. The van der Waals surface area contributed by atoms with Gasteiger partial charge in [0, 0.05) is 6.54 Å². The van der Waals surface area contributed by atoms with Crippen molar-refractivity contribution in [3.63, 3.8) is 0 Å². The van der Waals surface area contributed by atoms with E-state index in [4.69, 9.17) is 9.15 Å². The fourth-order valence-corrected chi connectivity index (χ4v) is 3.17. The zero-order chi connectivity index (χ0) is 17.5. The van der Waals surface area contributed by atoms with Gasteiger partial charge in [-0.1, -0.05) is 24.1 Å². The maximum atomic E-state index is 12.2. The van der Waals surface area contributed by atoms with Crippen LogP contribution in [0, 0.1) is 6.92 Å². The number of aryl methyl sites for hydroxylation is 1. The van der Waals surface area contributed by atoms with Gasteiger partial charge in [0.2, 0.25) is 0 Å². The minimum absolute atomic E-state index is 0. The van der Waals surface area contributed by atoms with E-state index in [0.29, 0.717) is 12.3 Å². The van der Waals surface area contributed by atoms with E-state index in [2.05, 4.69) is 10.2 Å². The second-order valence-corrected chi connectivity index (χ2v) is 6.53. The van der Waals surface area contributed by atoms with Gasteiger partial charge in [0.05, 0.1) is 12.3 Å². The van der Waals surface area contributed by atoms with Crippen molar-refractivity contribution >= 4 is 18.3 Å². The Morgan fingerprint density at radius 1 is 1.19 bits per heavy atom. The number of piperidine rings is 1. The number of likely N-dealkylation sites (tertiary alicyclic amines) is 1. The maximum absolute atomic E-state index is 12.2. The molecular weight excluding hydrogens is 352 g/mol. The fourth-order valence-electron chi connectivity index (χ4n) is 3.17. The van der Waals surface area contributed by atoms with Crippen molar-refractivity contribution in [3.8, 4) is 5.75 Å². The lowest BCUT2D eigenvalue weighted by atomic mass is 10.1. The van der Waals surface area contributed by atoms with Gasteiger partial charge in [-0.2, -0.15) is 0 Å². The summed E-state index contributed by atoms with van der Waals surface area (Å²) >= 11 is 0. The molecule has 1 aromatic heterocycles. The number of furan rings is 1. The highest BCUT2D eigenvalue weighted by Crippen LogP contribution is 2.24. The van der Waals surface area contributed by atoms with Crippen LogP contribution in [0.3, 0.4) is 0 Å². The number of benzene rings is 1. The van der Waals surface area contributed by atoms with E-state index in [1.807, 2.05) is 43.3 Å². The molecule has 3 rings (SSSR count). The number of ether oxygens (including phenoxy) is 1. The van der Waals surface area contributed by atoms with Crippen LogP contribution in [0.1, 0.15) is 36.6 Å². The van der Waals surface area contributed by atoms with Gasteiger partial charge in [0.25, 0.3) is 5.91 Å². The van der Waals surface area contributed by atoms with Crippen molar-refractivity contribution < 1.29 is 13.9 Å². The monoisotopic (exact) mass is 378 g/mol. The molecule has 5 nitrogen and oxygen atoms in total. The number of nitrogens with zero attached hydrogens (tertiary/aromatic N) is 1. The molecule has 0 radical (unpaired) electrons. The van der Waals surface area contributed by atoms with Crippen LogP contribution < -0.4 is 10.1 Å². The predicted molar refractivity (Wildman–Crippen MR) is 104 cm³/mol. The lowest BCUT2D eigenvalue weighted by Crippen LogP contribution is -2.41. The normalized spacial score (nSPS) is 15.7. The van der Waals surface area contributed by atoms with Crippen molar-refractivity contribution in [2.45, 2.75) is 32.2 Å². The zero-order valence-corrected chi connectivity index (χ0v) is 16.0. The van der Waals surface area contributed by atoms with Gasteiger partial charge in [-0.05, 0) is 57.1 Å². The lowest BCUT2D eigenvalue weighted by molar-refractivity contribution is -0.123. The first-order valence-electron chi connectivity index (χ1n) is 8.96. The van der Waals surface area contributed by atoms with Crippen molar-refractivity contribution in [1.82, 2.24) is 10.2 Å². The van der Waals surface area contributed by atoms with Crippen LogP contribution in [0.25, 0.3) is 0 Å². The summed E-state index contributed by atoms with van der Waals surface area (Å²) in [6.45, 7) is 4.66. The Balaban J connectivity index is 0.00000243. The van der Waals surface area contributed by atoms with E-state index < -0.39 is 0 Å². The topological polar surface area (TPSA) is 54.7 Å². The van der Waals surface area contributed by atoms with Gasteiger partial charge in [-0.25, -0.2) is 0 Å². The molecule has 2 aromatic rings. The number of amides is 1. The smallest absolute Gasteiger partial charge is 0.258 e. The molecule has 1 aliphatic rings. The average Bonchev–Trinajstić information content (AvgIpc) is 3.17. The van der Waals surface area contributed by atoms with Gasteiger partial charge in [-0.15, -0.1) is 12.4 Å². The molecule has 1 atom stereocenters. The standard InChI is InChI=1S/C20H26N2O3.ClH/c1-16-7-9-17(10-8-16)25-15-20(23)21-14-18(19-6-5-13-24-19)22-11-3-2-4-12-22;/h5-10,13,18H,2-4,11-12,14-15H2,1H3,(H,21,23);1H. The molecule has 1 aliphatic heterocycles. The summed E-state index contributed by atoms with van der Waals surface area (Å²) in [6.07, 6.45) is 5.36. The minimum Gasteiger partial charge on any atom is -0.484 e. The van der Waals surface area contributed by atoms with Gasteiger partial charge in [-0.3, -0.25) is 9.69 Å². The Morgan fingerprint density at radius 3 is 2.58 bits per heavy atom. The first-order chi connectivity index (χ1) is 12.2. The van der Waals surface area contributed by atoms with Crippen molar-refractivity contribution in [3.05, 3.63) is 54.0 Å². The van der Waals surface area contributed by atoms with Crippen molar-refractivity contribution in [1.29, 1.82) is 0 Å². The second-order valence-electron chi connectivity index (χ2n) is 6.53. The van der Waals surface area contributed by atoms with Crippen LogP contribution in [0.15, 0.2) is 47.1 Å². The first kappa shape index (κ1) is 20.3. The number of nitrogens with one attached hydrogen (secondary N) is 1. The predicted octanol–water partition coefficient (Wildman–Crippen LogP) is 3.73. The third kappa shape index (κ3) is 5.78. The maximum Gasteiger partial charge on any atom is 0.258 e. The Kier molecular flexibility index (Phi) is 8.01. The third-order valence-corrected chi connectivity index (χ3v) is 4.59. The molecule has 0 spiro atoms. The second kappa shape index (κ2) is 10.2. The number of hydrogen-bond acceptors (Lipinski definition) is 4. The van der Waals surface area contributed by atoms with Gasteiger partial charge in [0.15, 0.2) is 6.61 Å². The Hall–Kier alpha value is -1.98. The molecule has 0 saturated carbocycles. The summed E-state index contributed by atoms with van der Waals surface area (Å²) in [5.41, 5.74) is 1.17. The van der Waals surface area contributed by atoms with E-state index in [9.17, 15) is 4.79 Å². The van der Waals surface area contributed by atoms with Crippen LogP contribution in [0.2, 0.25) is 0 Å². The summed E-state index contributed by atoms with van der Waals surface area (Å²) in [6, 6.07) is 11.7. The summed E-state index contributed by atoms with van der Waals surface area (Å²) in [5.74, 6) is 1.50. The Morgan fingerprint density at radius 2 is 1.92 bits per heavy atom. The summed E-state index contributed by atoms with van der Waals surface area (Å²) in [7, 11) is 0. The molecule has 1 amide bonds. The molecule has 2 heterocycles. The van der Waals surface area contributed by atoms with Crippen LogP contribution in [-0.4, -0.2) is 37.0 Å². The highest BCUT2D eigenvalue weighted by atomic mass is 35.5. The molecule has 6 heteroatoms. The number of rotatable bonds is 7. The SMILES string of the molecule is Cc1ccc(OCC(=O)NCC(c2ccco2)N2CCCCC2)cc1.Cl. The average molecular weight is 379 g/mol. The zero-order valence-electron chi connectivity index (χ0n) is 15.1. The van der Waals surface area contributed by atoms with E-state index in [-0.39, 0.29) is 31.0 Å². The van der Waals surface area contributed by atoms with Gasteiger partial charge >= 0.3 is 0 Å². The number of carbonyl (C=O) groups is 1. The van der Waals surface area contributed by atoms with Gasteiger partial charge in [0.1, 0.15) is 11.5 Å². The number of hydrogen-bond donors (Lipinski definition) is 1. The highest BCUT2D eigenvalue weighted by Gasteiger charge is 2.24. The molecule has 1 saturated heterocycles. The molecule has 142 valence electrons. The Labute approximate surface area is 161 Å². The molecule has 1 N–H and O–H groups in total. The lowest BCUT2D eigenvalue weighted by Gasteiger charge is -2.33. The van der Waals surface area contributed by atoms with Crippen LogP contribution in [0.5, 0.6) is 5.75 Å². The van der Waals surface area contributed by atoms with E-state index in [0.717, 1.165) is 18.8 Å². The largest absolute Gasteiger partial charge is 0.484 e. The van der Waals surface area contributed by atoms with Crippen molar-refractivity contribution in [2.75, 3.05) is 26.2 Å². The number of halogens is 1. The molecule has 26 heavy (non-hydrogen) atoms. The third-order valence-electron chi connectivity index (χ3n) is 4.59. The van der Waals surface area contributed by atoms with E-state index in [1.54, 1.807) is 6.26 Å². The van der Waals surface area contributed by atoms with Crippen LogP contribution in [0.4, 0.5) is 0 Å². The molecule has 1 fully saturated rings. The molecule has 1 aromatic carbocycles. The van der Waals surface area contributed by atoms with Crippen LogP contribution >= 0.6 is 12.4 Å². The summed E-state index contributed by atoms with van der Waals surface area (Å²) in [5, 5.41) is 2.98. The molecule has 0 aliphatic carbocycles. The molecule has 1 unspecified atom stereocenters. The van der Waals surface area contributed by atoms with Crippen LogP contribution in [-0.2, 0) is 4.79 Å². The number of carbonyl (C=O) groups excluding carboxylic acids is 1. The quantitative estimate of drug-likeness (QED) is 0.797. The van der Waals surface area contributed by atoms with E-state index in [1.165, 1.54) is 24.8 Å². The van der Waals surface area contributed by atoms with Gasteiger partial charge < -0.3 is 14.5 Å². The fraction of sp³-hybridized carbons (Fsp3) is 0.450. The van der Waals surface area contributed by atoms with E-state index >= 15 is 0 Å². The molecular formula is C20H27ClN2O3. The van der Waals surface area contributed by atoms with Crippen molar-refractivity contribution in [2.24, 2.45) is 0 Å². The molecule has 0 bridgehead atoms. The minimum atomic E-state index is -0.117. The Bertz CT molecular complexity index is 652. The summed E-state index contributed by atoms with van der Waals surface area (Å²) < 4.78 is 11.1.